The van der Waals surface area contributed by atoms with Crippen molar-refractivity contribution < 1.29 is 39.7 Å². The van der Waals surface area contributed by atoms with Crippen molar-refractivity contribution >= 4 is 31.6 Å². The van der Waals surface area contributed by atoms with E-state index in [4.69, 9.17) is 16.2 Å². The average Bonchev–Trinajstić information content (AvgIpc) is 1.86. The molecule has 0 fully saturated rings. The Labute approximate surface area is 105 Å². The first-order chi connectivity index (χ1) is 5.00. The summed E-state index contributed by atoms with van der Waals surface area (Å²) >= 11 is 9.89. The predicted molar refractivity (Wildman–Crippen MR) is 49.0 cm³/mol. The molecule has 62 valence electrons. The number of halogens is 1. The monoisotopic (exact) mass is 232 g/mol. The van der Waals surface area contributed by atoms with Crippen LogP contribution in [0.1, 0.15) is 1.43 Å². The summed E-state index contributed by atoms with van der Waals surface area (Å²) in [5.74, 6) is 0. The van der Waals surface area contributed by atoms with E-state index < -0.39 is 8.77 Å². The average molecular weight is 233 g/mol. The molecule has 12 heavy (non-hydrogen) atoms. The predicted octanol–water partition coefficient (Wildman–Crippen LogP) is -0.965. The van der Waals surface area contributed by atoms with E-state index in [1.165, 1.54) is 24.3 Å². The largest absolute Gasteiger partial charge is 1.00 e. The van der Waals surface area contributed by atoms with Gasteiger partial charge in [-0.1, -0.05) is 11.6 Å². The molecule has 1 rings (SSSR count). The molecule has 0 saturated carbocycles. The molecule has 6 heteroatoms. The molecule has 1 unspecified atom stereocenters. The Hall–Kier alpha value is 0.840. The molecule has 0 spiro atoms. The smallest absolute Gasteiger partial charge is 1.00 e. The molecular formula is C6H6ClNaO2S2. The Balaban J connectivity index is 0. The molecule has 1 N–H and O–H groups in total. The molecule has 1 aromatic rings. The maximum atomic E-state index is 10.8. The minimum absolute atomic E-state index is 0. The normalized spacial score (nSPS) is 14.5. The van der Waals surface area contributed by atoms with Gasteiger partial charge in [-0.2, -0.15) is 0 Å². The summed E-state index contributed by atoms with van der Waals surface area (Å²) < 4.78 is 19.7. The van der Waals surface area contributed by atoms with Crippen LogP contribution >= 0.6 is 11.6 Å². The van der Waals surface area contributed by atoms with Crippen molar-refractivity contribution in [1.29, 1.82) is 0 Å². The zero-order chi connectivity index (χ0) is 8.48. The van der Waals surface area contributed by atoms with E-state index in [1.54, 1.807) is 0 Å². The maximum Gasteiger partial charge on any atom is 1.00 e. The summed E-state index contributed by atoms with van der Waals surface area (Å²) in [6, 6.07) is 5.94. The molecular weight excluding hydrogens is 227 g/mol. The fourth-order valence-corrected chi connectivity index (χ4v) is 1.55. The van der Waals surface area contributed by atoms with Crippen LogP contribution in [0.4, 0.5) is 0 Å². The Kier molecular flexibility index (Phi) is 5.25. The van der Waals surface area contributed by atoms with Gasteiger partial charge in [-0.25, -0.2) is 4.21 Å². The van der Waals surface area contributed by atoms with Crippen LogP contribution in [0.5, 0.6) is 0 Å². The fraction of sp³-hybridized carbons (Fsp3) is 0. The van der Waals surface area contributed by atoms with Gasteiger partial charge >= 0.3 is 29.6 Å². The van der Waals surface area contributed by atoms with Crippen molar-refractivity contribution in [2.75, 3.05) is 0 Å². The van der Waals surface area contributed by atoms with Crippen molar-refractivity contribution in [2.24, 2.45) is 0 Å². The second kappa shape index (κ2) is 4.91. The van der Waals surface area contributed by atoms with Gasteiger partial charge in [0.15, 0.2) is 8.77 Å². The van der Waals surface area contributed by atoms with Gasteiger partial charge in [0.25, 0.3) is 0 Å². The van der Waals surface area contributed by atoms with E-state index >= 15 is 0 Å². The number of hydrogen-bond donors (Lipinski definition) is 1. The fourth-order valence-electron chi connectivity index (χ4n) is 0.607. The van der Waals surface area contributed by atoms with Crippen LogP contribution in [0.15, 0.2) is 29.2 Å². The van der Waals surface area contributed by atoms with E-state index in [1.807, 2.05) is 0 Å². The summed E-state index contributed by atoms with van der Waals surface area (Å²) in [5.41, 5.74) is 0. The van der Waals surface area contributed by atoms with Crippen LogP contribution in [0, 0.1) is 0 Å². The number of rotatable bonds is 1. The zero-order valence-corrected chi connectivity index (χ0v) is 10.7. The molecule has 0 aliphatic heterocycles. The third-order valence-corrected chi connectivity index (χ3v) is 2.81. The van der Waals surface area contributed by atoms with Crippen LogP contribution in [-0.4, -0.2) is 8.76 Å². The second-order valence-corrected chi connectivity index (χ2v) is 5.14. The van der Waals surface area contributed by atoms with Gasteiger partial charge in [-0.05, 0) is 24.3 Å². The van der Waals surface area contributed by atoms with Gasteiger partial charge in [0.05, 0.1) is 4.90 Å². The summed E-state index contributed by atoms with van der Waals surface area (Å²) in [6.45, 7) is 0. The van der Waals surface area contributed by atoms with Crippen LogP contribution < -0.4 is 29.6 Å². The second-order valence-electron chi connectivity index (χ2n) is 1.93. The zero-order valence-electron chi connectivity index (χ0n) is 7.36. The molecule has 0 bridgehead atoms. The Morgan fingerprint density at radius 2 is 1.83 bits per heavy atom. The molecule has 0 saturated heterocycles. The standard InChI is InChI=1S/C6H5ClO2S2.Na.H/c7-5-1-3-6(4-2-5)11(8,9)10;;/h1-4H,(H,8,9,10);;/q;+1;-1. The SMILES string of the molecule is O=S(O)(=S)c1ccc(Cl)cc1.[H-].[Na+]. The molecule has 0 aliphatic rings. The first kappa shape index (κ1) is 12.8. The third-order valence-electron chi connectivity index (χ3n) is 1.11. The van der Waals surface area contributed by atoms with Gasteiger partial charge in [0, 0.05) is 16.2 Å². The van der Waals surface area contributed by atoms with E-state index in [0.29, 0.717) is 5.02 Å². The molecule has 1 aromatic carbocycles. The maximum absolute atomic E-state index is 10.8. The van der Waals surface area contributed by atoms with Crippen molar-refractivity contribution in [1.82, 2.24) is 0 Å². The molecule has 0 radical (unpaired) electrons. The topological polar surface area (TPSA) is 37.3 Å². The first-order valence-corrected chi connectivity index (χ1v) is 5.55. The van der Waals surface area contributed by atoms with Crippen LogP contribution in [0.2, 0.25) is 5.02 Å². The van der Waals surface area contributed by atoms with Crippen LogP contribution in [0.3, 0.4) is 0 Å². The van der Waals surface area contributed by atoms with Gasteiger partial charge in [0.2, 0.25) is 0 Å². The Morgan fingerprint density at radius 1 is 1.42 bits per heavy atom. The number of hydrogen-bond acceptors (Lipinski definition) is 2. The van der Waals surface area contributed by atoms with Crippen molar-refractivity contribution in [3.8, 4) is 0 Å². The third kappa shape index (κ3) is 3.70. The Morgan fingerprint density at radius 3 is 2.17 bits per heavy atom. The van der Waals surface area contributed by atoms with Gasteiger partial charge < -0.3 is 5.98 Å². The van der Waals surface area contributed by atoms with E-state index in [0.717, 1.165) is 0 Å². The van der Waals surface area contributed by atoms with Crippen molar-refractivity contribution in [3.05, 3.63) is 29.3 Å². The summed E-state index contributed by atoms with van der Waals surface area (Å²) in [7, 11) is -3.24. The van der Waals surface area contributed by atoms with Crippen LogP contribution in [0.25, 0.3) is 0 Å². The van der Waals surface area contributed by atoms with Gasteiger partial charge in [-0.3, -0.25) is 0 Å². The molecule has 0 heterocycles. The molecule has 2 nitrogen and oxygen atoms in total. The molecule has 0 aliphatic carbocycles. The minimum atomic E-state index is -3.24. The van der Waals surface area contributed by atoms with E-state index in [-0.39, 0.29) is 35.9 Å². The van der Waals surface area contributed by atoms with Crippen molar-refractivity contribution in [2.45, 2.75) is 4.90 Å². The first-order valence-electron chi connectivity index (χ1n) is 2.73. The minimum Gasteiger partial charge on any atom is -1.00 e. The summed E-state index contributed by atoms with van der Waals surface area (Å²) in [4.78, 5) is 0.219. The van der Waals surface area contributed by atoms with E-state index in [9.17, 15) is 4.21 Å². The van der Waals surface area contributed by atoms with E-state index in [2.05, 4.69) is 11.2 Å². The number of benzene rings is 1. The summed E-state index contributed by atoms with van der Waals surface area (Å²) in [5, 5.41) is 0.521. The van der Waals surface area contributed by atoms with Crippen molar-refractivity contribution in [3.63, 3.8) is 0 Å². The summed E-state index contributed by atoms with van der Waals surface area (Å²) in [6.07, 6.45) is 0. The van der Waals surface area contributed by atoms with Gasteiger partial charge in [-0.15, -0.1) is 0 Å². The molecule has 0 aromatic heterocycles. The molecule has 0 amide bonds. The van der Waals surface area contributed by atoms with Gasteiger partial charge in [0.1, 0.15) is 0 Å². The quantitative estimate of drug-likeness (QED) is 0.634. The Bertz CT molecular complexity index is 351. The van der Waals surface area contributed by atoms with Crippen LogP contribution in [-0.2, 0) is 20.0 Å². The molecule has 1 atom stereocenters.